The van der Waals surface area contributed by atoms with E-state index in [0.29, 0.717) is 0 Å². The largest absolute Gasteiger partial charge is 0.368 e. The monoisotopic (exact) mass is 377 g/mol. The van der Waals surface area contributed by atoms with Gasteiger partial charge in [0, 0.05) is 27.8 Å². The maximum Gasteiger partial charge on any atom is 0.237 e. The number of hydrogen-bond acceptors (Lipinski definition) is 3. The molecule has 1 aliphatic carbocycles. The number of amides is 2. The van der Waals surface area contributed by atoms with Gasteiger partial charge in [-0.3, -0.25) is 14.7 Å². The molecule has 7 nitrogen and oxygen atoms in total. The van der Waals surface area contributed by atoms with Gasteiger partial charge in [0.2, 0.25) is 11.8 Å². The summed E-state index contributed by atoms with van der Waals surface area (Å²) in [6.07, 6.45) is 2.98. The van der Waals surface area contributed by atoms with E-state index in [1.165, 1.54) is 16.0 Å². The van der Waals surface area contributed by atoms with Gasteiger partial charge in [-0.15, -0.1) is 0 Å². The molecule has 2 aromatic heterocycles. The van der Waals surface area contributed by atoms with Crippen molar-refractivity contribution in [2.24, 2.45) is 5.73 Å². The highest BCUT2D eigenvalue weighted by Crippen LogP contribution is 2.46. The van der Waals surface area contributed by atoms with Crippen molar-refractivity contribution in [2.75, 3.05) is 11.4 Å². The number of carbonyl (C=O) groups excluding carboxylic acids is 2. The van der Waals surface area contributed by atoms with Crippen molar-refractivity contribution in [3.05, 3.63) is 34.5 Å². The van der Waals surface area contributed by atoms with Gasteiger partial charge in [-0.1, -0.05) is 0 Å². The quantitative estimate of drug-likeness (QED) is 0.638. The van der Waals surface area contributed by atoms with E-state index in [9.17, 15) is 9.59 Å². The second kappa shape index (κ2) is 5.47. The Hall–Kier alpha value is -3.09. The fraction of sp³-hybridized carbons (Fsp3) is 0.381. The zero-order valence-electron chi connectivity index (χ0n) is 16.3. The lowest BCUT2D eigenvalue weighted by Gasteiger charge is -2.18. The molecule has 3 aromatic rings. The number of anilines is 1. The van der Waals surface area contributed by atoms with Gasteiger partial charge in [0.1, 0.15) is 12.2 Å². The Morgan fingerprint density at radius 3 is 2.79 bits per heavy atom. The van der Waals surface area contributed by atoms with Gasteiger partial charge in [0.15, 0.2) is 0 Å². The number of hydrogen-bond donors (Lipinski definition) is 3. The number of benzene rings is 1. The summed E-state index contributed by atoms with van der Waals surface area (Å²) < 4.78 is 0. The first kappa shape index (κ1) is 17.0. The third-order valence-electron chi connectivity index (χ3n) is 6.24. The van der Waals surface area contributed by atoms with Crippen LogP contribution in [0.25, 0.3) is 22.3 Å². The highest BCUT2D eigenvalue weighted by Gasteiger charge is 2.44. The van der Waals surface area contributed by atoms with Crippen molar-refractivity contribution < 1.29 is 9.59 Å². The van der Waals surface area contributed by atoms with E-state index >= 15 is 0 Å². The molecule has 1 aliphatic heterocycles. The minimum absolute atomic E-state index is 0.0924. The van der Waals surface area contributed by atoms with Crippen molar-refractivity contribution >= 4 is 28.4 Å². The Morgan fingerprint density at radius 2 is 2.04 bits per heavy atom. The molecule has 0 bridgehead atoms. The summed E-state index contributed by atoms with van der Waals surface area (Å²) in [5, 5.41) is 8.74. The highest BCUT2D eigenvalue weighted by molar-refractivity contribution is 6.12. The number of aryl methyl sites for hydroxylation is 2. The maximum absolute atomic E-state index is 12.9. The molecule has 1 aromatic carbocycles. The van der Waals surface area contributed by atoms with Crippen molar-refractivity contribution in [3.63, 3.8) is 0 Å². The van der Waals surface area contributed by atoms with E-state index in [1.54, 1.807) is 0 Å². The summed E-state index contributed by atoms with van der Waals surface area (Å²) in [5.74, 6) is -0.605. The number of nitrogens with one attached hydrogen (secondary N) is 2. The number of fused-ring (bicyclic) bond motifs is 6. The van der Waals surface area contributed by atoms with Crippen LogP contribution >= 0.6 is 0 Å². The van der Waals surface area contributed by atoms with E-state index in [1.807, 2.05) is 19.9 Å². The van der Waals surface area contributed by atoms with Gasteiger partial charge in [-0.2, -0.15) is 5.10 Å². The molecule has 2 aliphatic rings. The lowest BCUT2D eigenvalue weighted by molar-refractivity contribution is -0.124. The van der Waals surface area contributed by atoms with Crippen LogP contribution in [-0.4, -0.2) is 33.5 Å². The summed E-state index contributed by atoms with van der Waals surface area (Å²) in [6, 6.07) is 4.09. The molecule has 144 valence electrons. The number of nitrogens with zero attached hydrogens (tertiary/aromatic N) is 2. The summed E-state index contributed by atoms with van der Waals surface area (Å²) in [5.41, 5.74) is 13.1. The van der Waals surface area contributed by atoms with Gasteiger partial charge in [-0.05, 0) is 63.3 Å². The molecule has 0 atom stereocenters. The third kappa shape index (κ3) is 2.13. The number of nitrogens with two attached hydrogens (primary N) is 1. The van der Waals surface area contributed by atoms with Crippen LogP contribution in [0.4, 0.5) is 5.69 Å². The number of carbonyl (C=O) groups is 2. The summed E-state index contributed by atoms with van der Waals surface area (Å²) >= 11 is 0. The van der Waals surface area contributed by atoms with Crippen LogP contribution in [0.2, 0.25) is 0 Å². The molecule has 0 unspecified atom stereocenters. The predicted octanol–water partition coefficient (Wildman–Crippen LogP) is 2.46. The Labute approximate surface area is 162 Å². The molecule has 5 rings (SSSR count). The van der Waals surface area contributed by atoms with Gasteiger partial charge in [0.05, 0.1) is 11.1 Å². The zero-order chi connectivity index (χ0) is 19.8. The van der Waals surface area contributed by atoms with Gasteiger partial charge < -0.3 is 15.6 Å². The molecule has 0 saturated heterocycles. The Morgan fingerprint density at radius 1 is 1.29 bits per heavy atom. The Kier molecular flexibility index (Phi) is 3.33. The van der Waals surface area contributed by atoms with Crippen molar-refractivity contribution in [1.29, 1.82) is 0 Å². The molecule has 0 radical (unpaired) electrons. The lowest BCUT2D eigenvalue weighted by Crippen LogP contribution is -2.41. The number of H-pyrrole nitrogens is 2. The van der Waals surface area contributed by atoms with E-state index < -0.39 is 11.3 Å². The SMILES string of the molecule is Cc1[nH]nc2c1CCCc1c-2[nH]c2cc3c(cc12)N(CC(N)=O)C(=O)C3(C)C. The van der Waals surface area contributed by atoms with E-state index in [2.05, 4.69) is 28.2 Å². The maximum atomic E-state index is 12.9. The first-order chi connectivity index (χ1) is 13.3. The molecular weight excluding hydrogens is 354 g/mol. The van der Waals surface area contributed by atoms with Crippen molar-refractivity contribution in [3.8, 4) is 11.4 Å². The molecule has 4 N–H and O–H groups in total. The first-order valence-electron chi connectivity index (χ1n) is 9.62. The molecule has 0 spiro atoms. The number of aromatic amines is 2. The van der Waals surface area contributed by atoms with Gasteiger partial charge in [0.25, 0.3) is 0 Å². The van der Waals surface area contributed by atoms with E-state index in [0.717, 1.165) is 58.5 Å². The summed E-state index contributed by atoms with van der Waals surface area (Å²) in [4.78, 5) is 29.6. The standard InChI is InChI=1S/C21H23N5O2/c1-10-11-5-4-6-12-13-7-16-14(8-15(13)23-18(12)19(11)25-24-10)21(2,3)20(28)26(16)9-17(22)27/h7-8,23H,4-6,9H2,1-3H3,(H2,22,27)(H,24,25). The van der Waals surface area contributed by atoms with E-state index in [-0.39, 0.29) is 12.5 Å². The predicted molar refractivity (Wildman–Crippen MR) is 107 cm³/mol. The fourth-order valence-corrected chi connectivity index (χ4v) is 4.75. The minimum Gasteiger partial charge on any atom is -0.368 e. The van der Waals surface area contributed by atoms with E-state index in [4.69, 9.17) is 5.73 Å². The highest BCUT2D eigenvalue weighted by atomic mass is 16.2. The van der Waals surface area contributed by atoms with Crippen LogP contribution in [0.1, 0.15) is 42.7 Å². The number of aromatic nitrogens is 3. The molecular formula is C21H23N5O2. The Bertz CT molecular complexity index is 1170. The van der Waals surface area contributed by atoms with Gasteiger partial charge in [-0.25, -0.2) is 0 Å². The average molecular weight is 377 g/mol. The smallest absolute Gasteiger partial charge is 0.237 e. The van der Waals surface area contributed by atoms with Crippen LogP contribution in [0.5, 0.6) is 0 Å². The fourth-order valence-electron chi connectivity index (χ4n) is 4.75. The Balaban J connectivity index is 1.76. The number of rotatable bonds is 2. The van der Waals surface area contributed by atoms with Crippen LogP contribution in [0, 0.1) is 6.92 Å². The average Bonchev–Trinajstić information content (AvgIpc) is 3.17. The second-order valence-electron chi connectivity index (χ2n) is 8.41. The van der Waals surface area contributed by atoms with Crippen LogP contribution in [-0.2, 0) is 27.8 Å². The second-order valence-corrected chi connectivity index (χ2v) is 8.41. The molecule has 0 saturated carbocycles. The summed E-state index contributed by atoms with van der Waals surface area (Å²) in [7, 11) is 0. The van der Waals surface area contributed by atoms with Crippen LogP contribution < -0.4 is 10.6 Å². The first-order valence-corrected chi connectivity index (χ1v) is 9.62. The van der Waals surface area contributed by atoms with Crippen molar-refractivity contribution in [2.45, 2.75) is 45.4 Å². The topological polar surface area (TPSA) is 108 Å². The third-order valence-corrected chi connectivity index (χ3v) is 6.24. The lowest BCUT2D eigenvalue weighted by atomic mass is 9.85. The number of primary amides is 1. The van der Waals surface area contributed by atoms with Crippen LogP contribution in [0.15, 0.2) is 12.1 Å². The molecule has 3 heterocycles. The van der Waals surface area contributed by atoms with Gasteiger partial charge >= 0.3 is 0 Å². The zero-order valence-corrected chi connectivity index (χ0v) is 16.3. The molecule has 0 fully saturated rings. The minimum atomic E-state index is -0.699. The van der Waals surface area contributed by atoms with Crippen molar-refractivity contribution in [1.82, 2.24) is 15.2 Å². The molecule has 28 heavy (non-hydrogen) atoms. The molecule has 7 heteroatoms. The van der Waals surface area contributed by atoms with Crippen LogP contribution in [0.3, 0.4) is 0 Å². The normalized spacial score (nSPS) is 17.4. The molecule has 2 amide bonds. The summed E-state index contributed by atoms with van der Waals surface area (Å²) in [6.45, 7) is 5.74.